The second-order valence-electron chi connectivity index (χ2n) is 5.37. The predicted molar refractivity (Wildman–Crippen MR) is 85.8 cm³/mol. The Hall–Kier alpha value is -1.96. The number of nitrogens with one attached hydrogen (secondary N) is 1. The van der Waals surface area contributed by atoms with Gasteiger partial charge in [0.25, 0.3) is 0 Å². The highest BCUT2D eigenvalue weighted by Gasteiger charge is 2.02. The molecule has 2 aromatic rings. The van der Waals surface area contributed by atoms with Crippen LogP contribution in [-0.4, -0.2) is 13.2 Å². The van der Waals surface area contributed by atoms with Crippen LogP contribution in [0.15, 0.2) is 36.4 Å². The van der Waals surface area contributed by atoms with Crippen LogP contribution in [0.25, 0.3) is 0 Å². The fourth-order valence-electron chi connectivity index (χ4n) is 2.45. The molecule has 2 aromatic carbocycles. The van der Waals surface area contributed by atoms with Crippen LogP contribution in [0.4, 0.5) is 5.69 Å². The Morgan fingerprint density at radius 1 is 0.900 bits per heavy atom. The van der Waals surface area contributed by atoms with Crippen molar-refractivity contribution in [2.75, 3.05) is 18.5 Å². The van der Waals surface area contributed by atoms with Crippen molar-refractivity contribution in [3.05, 3.63) is 58.7 Å². The first kappa shape index (κ1) is 14.4. The summed E-state index contributed by atoms with van der Waals surface area (Å²) < 4.78 is 5.89. The fourth-order valence-corrected chi connectivity index (χ4v) is 2.45. The molecule has 0 aliphatic rings. The van der Waals surface area contributed by atoms with Crippen LogP contribution in [0.3, 0.4) is 0 Å². The average molecular weight is 269 g/mol. The molecule has 20 heavy (non-hydrogen) atoms. The van der Waals surface area contributed by atoms with E-state index >= 15 is 0 Å². The number of rotatable bonds is 5. The number of anilines is 1. The summed E-state index contributed by atoms with van der Waals surface area (Å²) in [6, 6.07) is 12.7. The van der Waals surface area contributed by atoms with Gasteiger partial charge < -0.3 is 10.1 Å². The third-order valence-electron chi connectivity index (χ3n) is 3.31. The van der Waals surface area contributed by atoms with Gasteiger partial charge >= 0.3 is 0 Å². The van der Waals surface area contributed by atoms with E-state index in [1.807, 2.05) is 0 Å². The third kappa shape index (κ3) is 3.77. The second kappa shape index (κ2) is 6.47. The molecule has 1 N–H and O–H groups in total. The molecular weight excluding hydrogens is 246 g/mol. The monoisotopic (exact) mass is 269 g/mol. The molecule has 2 nitrogen and oxygen atoms in total. The standard InChI is InChI=1S/C18H23NO/c1-13-10-14(2)12-17(11-13)19-8-9-20-18-15(3)6-5-7-16(18)4/h5-7,10-12,19H,8-9H2,1-4H3. The SMILES string of the molecule is Cc1cc(C)cc(NCCOc2c(C)cccc2C)c1. The maximum atomic E-state index is 5.89. The van der Waals surface area contributed by atoms with Crippen molar-refractivity contribution in [3.8, 4) is 5.75 Å². The Morgan fingerprint density at radius 3 is 2.10 bits per heavy atom. The summed E-state index contributed by atoms with van der Waals surface area (Å²) in [5.41, 5.74) is 6.10. The van der Waals surface area contributed by atoms with E-state index < -0.39 is 0 Å². The Labute approximate surface area is 121 Å². The lowest BCUT2D eigenvalue weighted by atomic mass is 10.1. The van der Waals surface area contributed by atoms with Gasteiger partial charge in [0.2, 0.25) is 0 Å². The molecule has 2 heteroatoms. The Morgan fingerprint density at radius 2 is 1.50 bits per heavy atom. The van der Waals surface area contributed by atoms with E-state index in [2.05, 4.69) is 69.4 Å². The third-order valence-corrected chi connectivity index (χ3v) is 3.31. The summed E-state index contributed by atoms with van der Waals surface area (Å²) in [7, 11) is 0. The highest BCUT2D eigenvalue weighted by molar-refractivity contribution is 5.48. The summed E-state index contributed by atoms with van der Waals surface area (Å²) >= 11 is 0. The molecule has 0 saturated heterocycles. The number of ether oxygens (including phenoxy) is 1. The highest BCUT2D eigenvalue weighted by atomic mass is 16.5. The van der Waals surface area contributed by atoms with Crippen LogP contribution >= 0.6 is 0 Å². The van der Waals surface area contributed by atoms with Crippen LogP contribution in [0.5, 0.6) is 5.75 Å². The predicted octanol–water partition coefficient (Wildman–Crippen LogP) is 4.41. The molecular formula is C18H23NO. The van der Waals surface area contributed by atoms with E-state index in [-0.39, 0.29) is 0 Å². The van der Waals surface area contributed by atoms with Crippen molar-refractivity contribution in [3.63, 3.8) is 0 Å². The summed E-state index contributed by atoms with van der Waals surface area (Å²) in [5.74, 6) is 1.01. The zero-order valence-electron chi connectivity index (χ0n) is 12.8. The van der Waals surface area contributed by atoms with Gasteiger partial charge in [0, 0.05) is 12.2 Å². The summed E-state index contributed by atoms with van der Waals surface area (Å²) in [6.07, 6.45) is 0. The molecule has 0 aliphatic carbocycles. The molecule has 0 fully saturated rings. The minimum Gasteiger partial charge on any atom is -0.491 e. The van der Waals surface area contributed by atoms with Gasteiger partial charge in [-0.2, -0.15) is 0 Å². The van der Waals surface area contributed by atoms with Crippen LogP contribution in [0, 0.1) is 27.7 Å². The molecule has 0 aliphatic heterocycles. The van der Waals surface area contributed by atoms with Crippen molar-refractivity contribution in [1.82, 2.24) is 0 Å². The van der Waals surface area contributed by atoms with E-state index in [9.17, 15) is 0 Å². The van der Waals surface area contributed by atoms with E-state index in [4.69, 9.17) is 4.74 Å². The Kier molecular flexibility index (Phi) is 4.67. The smallest absolute Gasteiger partial charge is 0.125 e. The average Bonchev–Trinajstić information content (AvgIpc) is 2.36. The van der Waals surface area contributed by atoms with Crippen LogP contribution in [0.1, 0.15) is 22.3 Å². The first-order chi connectivity index (χ1) is 9.56. The first-order valence-corrected chi connectivity index (χ1v) is 7.07. The summed E-state index contributed by atoms with van der Waals surface area (Å²) in [5, 5.41) is 3.41. The lowest BCUT2D eigenvalue weighted by Gasteiger charge is -2.13. The second-order valence-corrected chi connectivity index (χ2v) is 5.37. The number of hydrogen-bond donors (Lipinski definition) is 1. The molecule has 0 saturated carbocycles. The maximum absolute atomic E-state index is 5.89. The van der Waals surface area contributed by atoms with Crippen molar-refractivity contribution in [2.24, 2.45) is 0 Å². The molecule has 0 atom stereocenters. The number of aryl methyl sites for hydroxylation is 4. The first-order valence-electron chi connectivity index (χ1n) is 7.07. The summed E-state index contributed by atoms with van der Waals surface area (Å²) in [4.78, 5) is 0. The van der Waals surface area contributed by atoms with Gasteiger partial charge in [-0.25, -0.2) is 0 Å². The van der Waals surface area contributed by atoms with Crippen LogP contribution in [-0.2, 0) is 0 Å². The quantitative estimate of drug-likeness (QED) is 0.812. The molecule has 0 unspecified atom stereocenters. The molecule has 0 radical (unpaired) electrons. The number of para-hydroxylation sites is 1. The van der Waals surface area contributed by atoms with Gasteiger partial charge in [-0.1, -0.05) is 24.3 Å². The van der Waals surface area contributed by atoms with Crippen molar-refractivity contribution >= 4 is 5.69 Å². The van der Waals surface area contributed by atoms with Gasteiger partial charge in [-0.05, 0) is 62.1 Å². The zero-order chi connectivity index (χ0) is 14.5. The molecule has 2 rings (SSSR count). The van der Waals surface area contributed by atoms with E-state index in [1.54, 1.807) is 0 Å². The van der Waals surface area contributed by atoms with Crippen molar-refractivity contribution in [1.29, 1.82) is 0 Å². The van der Waals surface area contributed by atoms with Crippen LogP contribution < -0.4 is 10.1 Å². The van der Waals surface area contributed by atoms with Gasteiger partial charge in [0.05, 0.1) is 0 Å². The largest absolute Gasteiger partial charge is 0.491 e. The van der Waals surface area contributed by atoms with Gasteiger partial charge in [0.15, 0.2) is 0 Å². The van der Waals surface area contributed by atoms with Gasteiger partial charge in [0.1, 0.15) is 12.4 Å². The summed E-state index contributed by atoms with van der Waals surface area (Å²) in [6.45, 7) is 9.87. The number of hydrogen-bond acceptors (Lipinski definition) is 2. The van der Waals surface area contributed by atoms with Gasteiger partial charge in [-0.3, -0.25) is 0 Å². The molecule has 0 amide bonds. The Bertz CT molecular complexity index is 549. The fraction of sp³-hybridized carbons (Fsp3) is 0.333. The van der Waals surface area contributed by atoms with E-state index in [1.165, 1.54) is 22.3 Å². The van der Waals surface area contributed by atoms with Crippen molar-refractivity contribution < 1.29 is 4.74 Å². The highest BCUT2D eigenvalue weighted by Crippen LogP contribution is 2.22. The minimum absolute atomic E-state index is 0.665. The zero-order valence-corrected chi connectivity index (χ0v) is 12.8. The number of benzene rings is 2. The minimum atomic E-state index is 0.665. The van der Waals surface area contributed by atoms with Crippen molar-refractivity contribution in [2.45, 2.75) is 27.7 Å². The lowest BCUT2D eigenvalue weighted by Crippen LogP contribution is -2.12. The van der Waals surface area contributed by atoms with E-state index in [0.717, 1.165) is 18.0 Å². The Balaban J connectivity index is 1.88. The normalized spacial score (nSPS) is 10.4. The molecule has 0 bridgehead atoms. The molecule has 0 heterocycles. The van der Waals surface area contributed by atoms with Crippen LogP contribution in [0.2, 0.25) is 0 Å². The topological polar surface area (TPSA) is 21.3 Å². The maximum Gasteiger partial charge on any atom is 0.125 e. The molecule has 106 valence electrons. The molecule has 0 aromatic heterocycles. The lowest BCUT2D eigenvalue weighted by molar-refractivity contribution is 0.328. The van der Waals surface area contributed by atoms with E-state index in [0.29, 0.717) is 6.61 Å². The van der Waals surface area contributed by atoms with Gasteiger partial charge in [-0.15, -0.1) is 0 Å². The molecule has 0 spiro atoms.